The second-order valence-electron chi connectivity index (χ2n) is 8.76. The van der Waals surface area contributed by atoms with Crippen molar-refractivity contribution in [2.75, 3.05) is 52.9 Å². The van der Waals surface area contributed by atoms with E-state index < -0.39 is 0 Å². The zero-order valence-corrected chi connectivity index (χ0v) is 20.4. The van der Waals surface area contributed by atoms with Crippen LogP contribution in [-0.2, 0) is 9.59 Å². The molecule has 0 aromatic rings. The number of allylic oxidation sites excluding steroid dienone is 1. The van der Waals surface area contributed by atoms with Crippen LogP contribution in [0.25, 0.3) is 0 Å². The molecule has 1 aliphatic heterocycles. The van der Waals surface area contributed by atoms with Crippen molar-refractivity contribution in [2.24, 2.45) is 10.9 Å². The van der Waals surface area contributed by atoms with Crippen molar-refractivity contribution in [3.05, 3.63) is 12.7 Å². The zero-order valence-electron chi connectivity index (χ0n) is 20.4. The summed E-state index contributed by atoms with van der Waals surface area (Å²) in [6.45, 7) is 15.2. The Morgan fingerprint density at radius 1 is 1.06 bits per heavy atom. The molecule has 1 fully saturated rings. The lowest BCUT2D eigenvalue weighted by Crippen LogP contribution is -2.50. The first-order valence-corrected chi connectivity index (χ1v) is 12.0. The molecule has 1 rings (SSSR count). The van der Waals surface area contributed by atoms with Crippen LogP contribution in [-0.4, -0.2) is 85.3 Å². The summed E-state index contributed by atoms with van der Waals surface area (Å²) in [6, 6.07) is 0. The number of aliphatic imine (C=N–C) groups is 1. The lowest BCUT2D eigenvalue weighted by Gasteiger charge is -2.35. The number of unbranched alkanes of at least 4 members (excludes halogenated alkanes) is 3. The minimum absolute atomic E-state index is 0.214. The molecule has 1 heterocycles. The fourth-order valence-electron chi connectivity index (χ4n) is 3.64. The summed E-state index contributed by atoms with van der Waals surface area (Å²) in [7, 11) is 2.07. The fraction of sp³-hybridized carbons (Fsp3) is 0.792. The standard InChI is InChI=1S/C24H45N5O2/c1-6-8-12-15-27(5)24(25-7-2)26-14-11-9-10-13-22(30)28-16-18-29(19-17-28)23(31)20-21(3)4/h6,21H,1,7-20H2,2-5H3,(H,25,26). The molecule has 31 heavy (non-hydrogen) atoms. The Balaban J connectivity index is 2.24. The van der Waals surface area contributed by atoms with Gasteiger partial charge in [0, 0.05) is 65.7 Å². The van der Waals surface area contributed by atoms with Gasteiger partial charge >= 0.3 is 0 Å². The highest BCUT2D eigenvalue weighted by molar-refractivity contribution is 5.79. The number of amides is 2. The normalized spacial score (nSPS) is 14.7. The molecule has 0 atom stereocenters. The molecule has 1 N–H and O–H groups in total. The molecule has 1 aliphatic rings. The first kappa shape index (κ1) is 27.0. The van der Waals surface area contributed by atoms with Crippen molar-refractivity contribution in [3.63, 3.8) is 0 Å². The smallest absolute Gasteiger partial charge is 0.222 e. The van der Waals surface area contributed by atoms with Crippen LogP contribution in [0.1, 0.15) is 65.7 Å². The van der Waals surface area contributed by atoms with E-state index in [0.717, 1.165) is 57.7 Å². The highest BCUT2D eigenvalue weighted by atomic mass is 16.2. The Morgan fingerprint density at radius 2 is 1.71 bits per heavy atom. The van der Waals surface area contributed by atoms with Gasteiger partial charge in [0.05, 0.1) is 0 Å². The number of rotatable bonds is 13. The molecule has 178 valence electrons. The maximum absolute atomic E-state index is 12.5. The van der Waals surface area contributed by atoms with Gasteiger partial charge in [-0.3, -0.25) is 14.6 Å². The molecule has 7 nitrogen and oxygen atoms in total. The molecule has 0 radical (unpaired) electrons. The van der Waals surface area contributed by atoms with Crippen molar-refractivity contribution in [1.82, 2.24) is 20.0 Å². The Kier molecular flexibility index (Phi) is 13.7. The summed E-state index contributed by atoms with van der Waals surface area (Å²) < 4.78 is 0. The van der Waals surface area contributed by atoms with Crippen molar-refractivity contribution < 1.29 is 9.59 Å². The first-order valence-electron chi connectivity index (χ1n) is 12.0. The van der Waals surface area contributed by atoms with Gasteiger partial charge in [0.15, 0.2) is 5.96 Å². The third-order valence-corrected chi connectivity index (χ3v) is 5.48. The summed E-state index contributed by atoms with van der Waals surface area (Å²) in [6.07, 6.45) is 8.11. The second-order valence-corrected chi connectivity index (χ2v) is 8.76. The molecule has 0 aromatic heterocycles. The lowest BCUT2D eigenvalue weighted by atomic mass is 10.1. The number of guanidine groups is 1. The van der Waals surface area contributed by atoms with E-state index in [1.807, 2.05) is 15.9 Å². The molecular formula is C24H45N5O2. The molecular weight excluding hydrogens is 390 g/mol. The topological polar surface area (TPSA) is 68.2 Å². The molecule has 0 spiro atoms. The molecule has 2 amide bonds. The van der Waals surface area contributed by atoms with Crippen LogP contribution < -0.4 is 5.32 Å². The van der Waals surface area contributed by atoms with Gasteiger partial charge in [-0.15, -0.1) is 6.58 Å². The second kappa shape index (κ2) is 15.7. The van der Waals surface area contributed by atoms with Gasteiger partial charge in [-0.25, -0.2) is 0 Å². The summed E-state index contributed by atoms with van der Waals surface area (Å²) in [5.41, 5.74) is 0. The van der Waals surface area contributed by atoms with Gasteiger partial charge in [0.2, 0.25) is 11.8 Å². The molecule has 0 aliphatic carbocycles. The molecule has 7 heteroatoms. The van der Waals surface area contributed by atoms with E-state index in [4.69, 9.17) is 4.99 Å². The van der Waals surface area contributed by atoms with Gasteiger partial charge in [-0.2, -0.15) is 0 Å². The van der Waals surface area contributed by atoms with Crippen LogP contribution in [0.2, 0.25) is 0 Å². The number of nitrogens with one attached hydrogen (secondary N) is 1. The summed E-state index contributed by atoms with van der Waals surface area (Å²) >= 11 is 0. The molecule has 0 bridgehead atoms. The van der Waals surface area contributed by atoms with E-state index in [-0.39, 0.29) is 11.8 Å². The van der Waals surface area contributed by atoms with E-state index in [1.165, 1.54) is 0 Å². The first-order chi connectivity index (χ1) is 14.9. The number of piperazine rings is 1. The maximum Gasteiger partial charge on any atom is 0.222 e. The summed E-state index contributed by atoms with van der Waals surface area (Å²) in [5, 5.41) is 3.34. The lowest BCUT2D eigenvalue weighted by molar-refractivity contribution is -0.140. The maximum atomic E-state index is 12.5. The highest BCUT2D eigenvalue weighted by Gasteiger charge is 2.23. The van der Waals surface area contributed by atoms with Crippen molar-refractivity contribution in [2.45, 2.75) is 65.7 Å². The molecule has 1 saturated heterocycles. The number of nitrogens with zero attached hydrogens (tertiary/aromatic N) is 4. The molecule has 0 unspecified atom stereocenters. The highest BCUT2D eigenvalue weighted by Crippen LogP contribution is 2.11. The SMILES string of the molecule is C=CCCCN(C)C(=NCCCCCC(=O)N1CCN(C(=O)CC(C)C)CC1)NCC. The zero-order chi connectivity index (χ0) is 23.1. The van der Waals surface area contributed by atoms with Crippen LogP contribution in [0.5, 0.6) is 0 Å². The van der Waals surface area contributed by atoms with E-state index in [2.05, 4.69) is 44.6 Å². The minimum Gasteiger partial charge on any atom is -0.357 e. The third-order valence-electron chi connectivity index (χ3n) is 5.48. The van der Waals surface area contributed by atoms with Gasteiger partial charge in [0.25, 0.3) is 0 Å². The Morgan fingerprint density at radius 3 is 2.29 bits per heavy atom. The van der Waals surface area contributed by atoms with E-state index in [9.17, 15) is 9.59 Å². The van der Waals surface area contributed by atoms with E-state index in [1.54, 1.807) is 0 Å². The average Bonchev–Trinajstić information content (AvgIpc) is 2.74. The van der Waals surface area contributed by atoms with E-state index in [0.29, 0.717) is 44.9 Å². The molecule has 0 aromatic carbocycles. The predicted molar refractivity (Wildman–Crippen MR) is 129 cm³/mol. The van der Waals surface area contributed by atoms with Gasteiger partial charge < -0.3 is 20.0 Å². The van der Waals surface area contributed by atoms with Gasteiger partial charge in [-0.05, 0) is 38.5 Å². The van der Waals surface area contributed by atoms with Crippen LogP contribution in [0.15, 0.2) is 17.6 Å². The summed E-state index contributed by atoms with van der Waals surface area (Å²) in [5.74, 6) is 1.76. The fourth-order valence-corrected chi connectivity index (χ4v) is 3.64. The number of hydrogen-bond donors (Lipinski definition) is 1. The van der Waals surface area contributed by atoms with Crippen molar-refractivity contribution in [3.8, 4) is 0 Å². The van der Waals surface area contributed by atoms with Gasteiger partial charge in [-0.1, -0.05) is 26.3 Å². The van der Waals surface area contributed by atoms with Crippen LogP contribution in [0, 0.1) is 5.92 Å². The van der Waals surface area contributed by atoms with Crippen LogP contribution in [0.3, 0.4) is 0 Å². The average molecular weight is 436 g/mol. The van der Waals surface area contributed by atoms with Crippen LogP contribution >= 0.6 is 0 Å². The Bertz CT molecular complexity index is 568. The summed E-state index contributed by atoms with van der Waals surface area (Å²) in [4.78, 5) is 35.3. The number of carbonyl (C=O) groups is 2. The van der Waals surface area contributed by atoms with E-state index >= 15 is 0 Å². The van der Waals surface area contributed by atoms with Crippen molar-refractivity contribution >= 4 is 17.8 Å². The predicted octanol–water partition coefficient (Wildman–Crippen LogP) is 3.13. The van der Waals surface area contributed by atoms with Crippen LogP contribution in [0.4, 0.5) is 0 Å². The quantitative estimate of drug-likeness (QED) is 0.209. The monoisotopic (exact) mass is 435 g/mol. The number of carbonyl (C=O) groups excluding carboxylic acids is 2. The number of hydrogen-bond acceptors (Lipinski definition) is 3. The molecule has 0 saturated carbocycles. The third kappa shape index (κ3) is 11.2. The van der Waals surface area contributed by atoms with Crippen molar-refractivity contribution in [1.29, 1.82) is 0 Å². The Hall–Kier alpha value is -2.05. The minimum atomic E-state index is 0.214. The largest absolute Gasteiger partial charge is 0.357 e. The van der Waals surface area contributed by atoms with Gasteiger partial charge in [0.1, 0.15) is 0 Å². The Labute approximate surface area is 189 Å².